The standard InChI is InChI=1S/C13H24N2O3S/c1-14-10-11-6-2-4-8-15(11)13(16)12-7-3-5-9-19(12,17)18/h11-12,14H,2-10H2,1H3. The molecule has 0 aliphatic carbocycles. The van der Waals surface area contributed by atoms with Crippen LogP contribution >= 0.6 is 0 Å². The lowest BCUT2D eigenvalue weighted by atomic mass is 10.0. The van der Waals surface area contributed by atoms with Crippen LogP contribution in [0.3, 0.4) is 0 Å². The SMILES string of the molecule is CNCC1CCCCN1C(=O)C1CCCCS1(=O)=O. The van der Waals surface area contributed by atoms with E-state index in [0.717, 1.165) is 32.2 Å². The fourth-order valence-electron chi connectivity index (χ4n) is 3.16. The average molecular weight is 288 g/mol. The fraction of sp³-hybridized carbons (Fsp3) is 0.923. The first kappa shape index (κ1) is 14.8. The van der Waals surface area contributed by atoms with E-state index >= 15 is 0 Å². The van der Waals surface area contributed by atoms with Gasteiger partial charge >= 0.3 is 0 Å². The first-order chi connectivity index (χ1) is 9.06. The summed E-state index contributed by atoms with van der Waals surface area (Å²) in [6.45, 7) is 1.45. The Hall–Kier alpha value is -0.620. The highest BCUT2D eigenvalue weighted by atomic mass is 32.2. The summed E-state index contributed by atoms with van der Waals surface area (Å²) < 4.78 is 24.1. The van der Waals surface area contributed by atoms with Crippen LogP contribution in [0.4, 0.5) is 0 Å². The Kier molecular flexibility index (Phi) is 4.84. The number of nitrogens with zero attached hydrogens (tertiary/aromatic N) is 1. The number of rotatable bonds is 3. The van der Waals surface area contributed by atoms with E-state index in [0.29, 0.717) is 19.4 Å². The van der Waals surface area contributed by atoms with Gasteiger partial charge in [0.05, 0.1) is 5.75 Å². The van der Waals surface area contributed by atoms with Crippen LogP contribution < -0.4 is 5.32 Å². The number of hydrogen-bond acceptors (Lipinski definition) is 4. The molecule has 2 atom stereocenters. The minimum Gasteiger partial charge on any atom is -0.337 e. The molecule has 2 aliphatic heterocycles. The zero-order valence-corrected chi connectivity index (χ0v) is 12.4. The molecule has 2 saturated heterocycles. The molecule has 0 bridgehead atoms. The van der Waals surface area contributed by atoms with E-state index in [-0.39, 0.29) is 17.7 Å². The minimum atomic E-state index is -3.22. The summed E-state index contributed by atoms with van der Waals surface area (Å²) in [5.41, 5.74) is 0. The minimum absolute atomic E-state index is 0.153. The van der Waals surface area contributed by atoms with Crippen LogP contribution in [0.5, 0.6) is 0 Å². The number of piperidine rings is 1. The van der Waals surface area contributed by atoms with Crippen LogP contribution in [0.15, 0.2) is 0 Å². The number of nitrogens with one attached hydrogen (secondary N) is 1. The highest BCUT2D eigenvalue weighted by molar-refractivity contribution is 7.92. The van der Waals surface area contributed by atoms with Crippen LogP contribution in [0.1, 0.15) is 38.5 Å². The number of carbonyl (C=O) groups is 1. The summed E-state index contributed by atoms with van der Waals surface area (Å²) in [5.74, 6) is 0.0214. The van der Waals surface area contributed by atoms with Gasteiger partial charge in [0.1, 0.15) is 5.25 Å². The lowest BCUT2D eigenvalue weighted by Crippen LogP contribution is -2.53. The molecule has 110 valence electrons. The summed E-state index contributed by atoms with van der Waals surface area (Å²) in [5, 5.41) is 2.32. The third-order valence-electron chi connectivity index (χ3n) is 4.20. The van der Waals surface area contributed by atoms with Crippen LogP contribution in [0.2, 0.25) is 0 Å². The average Bonchev–Trinajstić information content (AvgIpc) is 2.38. The predicted molar refractivity (Wildman–Crippen MR) is 74.7 cm³/mol. The summed E-state index contributed by atoms with van der Waals surface area (Å²) in [7, 11) is -1.35. The van der Waals surface area contributed by atoms with Crippen molar-refractivity contribution in [2.24, 2.45) is 0 Å². The van der Waals surface area contributed by atoms with E-state index in [4.69, 9.17) is 0 Å². The zero-order chi connectivity index (χ0) is 13.9. The van der Waals surface area contributed by atoms with Gasteiger partial charge in [-0.05, 0) is 39.2 Å². The molecule has 0 spiro atoms. The maximum absolute atomic E-state index is 12.6. The van der Waals surface area contributed by atoms with Gasteiger partial charge in [0.2, 0.25) is 5.91 Å². The van der Waals surface area contributed by atoms with Gasteiger partial charge < -0.3 is 10.2 Å². The fourth-order valence-corrected chi connectivity index (χ4v) is 5.01. The van der Waals surface area contributed by atoms with E-state index in [1.807, 2.05) is 11.9 Å². The Morgan fingerprint density at radius 1 is 1.21 bits per heavy atom. The van der Waals surface area contributed by atoms with Gasteiger partial charge in [0.25, 0.3) is 0 Å². The van der Waals surface area contributed by atoms with Crippen molar-refractivity contribution in [1.82, 2.24) is 10.2 Å². The van der Waals surface area contributed by atoms with Crippen molar-refractivity contribution in [3.8, 4) is 0 Å². The number of hydrogen-bond donors (Lipinski definition) is 1. The third-order valence-corrected chi connectivity index (χ3v) is 6.37. The third kappa shape index (κ3) is 3.28. The number of likely N-dealkylation sites (N-methyl/N-ethyl adjacent to an activating group) is 1. The number of sulfone groups is 1. The maximum Gasteiger partial charge on any atom is 0.241 e. The quantitative estimate of drug-likeness (QED) is 0.824. The Labute approximate surface area is 115 Å². The summed E-state index contributed by atoms with van der Waals surface area (Å²) in [6.07, 6.45) is 5.13. The van der Waals surface area contributed by atoms with Gasteiger partial charge in [-0.3, -0.25) is 4.79 Å². The molecule has 5 nitrogen and oxygen atoms in total. The molecular weight excluding hydrogens is 264 g/mol. The summed E-state index contributed by atoms with van der Waals surface area (Å²) >= 11 is 0. The number of carbonyl (C=O) groups excluding carboxylic acids is 1. The van der Waals surface area contributed by atoms with Gasteiger partial charge in [-0.1, -0.05) is 6.42 Å². The molecule has 2 aliphatic rings. The number of amides is 1. The van der Waals surface area contributed by atoms with Crippen LogP contribution in [-0.4, -0.2) is 56.4 Å². The van der Waals surface area contributed by atoms with Crippen molar-refractivity contribution in [3.63, 3.8) is 0 Å². The second kappa shape index (κ2) is 6.22. The van der Waals surface area contributed by atoms with Gasteiger partial charge in [0.15, 0.2) is 9.84 Å². The highest BCUT2D eigenvalue weighted by Gasteiger charge is 2.39. The first-order valence-corrected chi connectivity index (χ1v) is 8.94. The molecule has 6 heteroatoms. The topological polar surface area (TPSA) is 66.5 Å². The van der Waals surface area contributed by atoms with E-state index in [9.17, 15) is 13.2 Å². The second-order valence-electron chi connectivity index (χ2n) is 5.59. The van der Waals surface area contributed by atoms with Crippen LogP contribution in [0, 0.1) is 0 Å². The predicted octanol–water partition coefficient (Wildman–Crippen LogP) is 0.554. The summed E-state index contributed by atoms with van der Waals surface area (Å²) in [6, 6.07) is 0.156. The normalized spacial score (nSPS) is 31.1. The first-order valence-electron chi connectivity index (χ1n) is 7.23. The molecule has 2 unspecified atom stereocenters. The van der Waals surface area contributed by atoms with Crippen molar-refractivity contribution < 1.29 is 13.2 Å². The Morgan fingerprint density at radius 3 is 2.63 bits per heavy atom. The monoisotopic (exact) mass is 288 g/mol. The molecule has 2 heterocycles. The molecule has 0 saturated carbocycles. The van der Waals surface area contributed by atoms with E-state index < -0.39 is 15.1 Å². The molecule has 0 radical (unpaired) electrons. The lowest BCUT2D eigenvalue weighted by Gasteiger charge is -2.38. The van der Waals surface area contributed by atoms with E-state index in [1.165, 1.54) is 0 Å². The Balaban J connectivity index is 2.12. The van der Waals surface area contributed by atoms with Gasteiger partial charge in [0, 0.05) is 19.1 Å². The smallest absolute Gasteiger partial charge is 0.241 e. The van der Waals surface area contributed by atoms with Gasteiger partial charge in [-0.2, -0.15) is 0 Å². The Bertz CT molecular complexity index is 420. The largest absolute Gasteiger partial charge is 0.337 e. The van der Waals surface area contributed by atoms with E-state index in [1.54, 1.807) is 0 Å². The van der Waals surface area contributed by atoms with Gasteiger partial charge in [-0.15, -0.1) is 0 Å². The molecular formula is C13H24N2O3S. The molecule has 1 N–H and O–H groups in total. The maximum atomic E-state index is 12.6. The molecule has 0 aromatic rings. The molecule has 2 fully saturated rings. The Morgan fingerprint density at radius 2 is 1.95 bits per heavy atom. The zero-order valence-electron chi connectivity index (χ0n) is 11.6. The molecule has 1 amide bonds. The molecule has 2 rings (SSSR count). The highest BCUT2D eigenvalue weighted by Crippen LogP contribution is 2.25. The van der Waals surface area contributed by atoms with Crippen LogP contribution in [-0.2, 0) is 14.6 Å². The molecule has 19 heavy (non-hydrogen) atoms. The molecule has 0 aromatic carbocycles. The lowest BCUT2D eigenvalue weighted by molar-refractivity contribution is -0.134. The summed E-state index contributed by atoms with van der Waals surface area (Å²) in [4.78, 5) is 14.4. The van der Waals surface area contributed by atoms with Crippen molar-refractivity contribution in [2.45, 2.75) is 49.8 Å². The van der Waals surface area contributed by atoms with E-state index in [2.05, 4.69) is 5.32 Å². The molecule has 0 aromatic heterocycles. The van der Waals surface area contributed by atoms with Crippen molar-refractivity contribution in [3.05, 3.63) is 0 Å². The van der Waals surface area contributed by atoms with Crippen LogP contribution in [0.25, 0.3) is 0 Å². The van der Waals surface area contributed by atoms with Gasteiger partial charge in [-0.25, -0.2) is 8.42 Å². The van der Waals surface area contributed by atoms with Crippen molar-refractivity contribution in [2.75, 3.05) is 25.9 Å². The number of likely N-dealkylation sites (tertiary alicyclic amines) is 1. The second-order valence-corrected chi connectivity index (χ2v) is 7.89. The van der Waals surface area contributed by atoms with Crippen molar-refractivity contribution in [1.29, 1.82) is 0 Å². The van der Waals surface area contributed by atoms with Crippen molar-refractivity contribution >= 4 is 15.7 Å².